The number of piperidine rings is 1. The van der Waals surface area contributed by atoms with E-state index in [0.717, 1.165) is 16.4 Å². The first-order valence-corrected chi connectivity index (χ1v) is 7.99. The largest absolute Gasteiger partial charge is 0.284 e. The molecule has 1 aromatic rings. The summed E-state index contributed by atoms with van der Waals surface area (Å²) in [7, 11) is 0. The van der Waals surface area contributed by atoms with Crippen LogP contribution < -0.4 is 5.43 Å². The van der Waals surface area contributed by atoms with Crippen molar-refractivity contribution in [3.05, 3.63) is 32.4 Å². The SMILES string of the molecule is CC1CCCC(C)N1NC(=O)c1ccc(I)c(Cl)c1. The van der Waals surface area contributed by atoms with E-state index in [4.69, 9.17) is 11.6 Å². The predicted molar refractivity (Wildman–Crippen MR) is 86.2 cm³/mol. The molecule has 1 aliphatic rings. The van der Waals surface area contributed by atoms with Gasteiger partial charge < -0.3 is 0 Å². The maximum atomic E-state index is 12.3. The summed E-state index contributed by atoms with van der Waals surface area (Å²) in [5.41, 5.74) is 3.62. The summed E-state index contributed by atoms with van der Waals surface area (Å²) in [5.74, 6) is -0.0844. The molecular weight excluding hydrogens is 375 g/mol. The van der Waals surface area contributed by atoms with Crippen LogP contribution in [0.25, 0.3) is 0 Å². The van der Waals surface area contributed by atoms with Gasteiger partial charge in [0, 0.05) is 21.2 Å². The zero-order valence-electron chi connectivity index (χ0n) is 11.1. The van der Waals surface area contributed by atoms with Crippen molar-refractivity contribution in [2.24, 2.45) is 0 Å². The Kier molecular flexibility index (Phi) is 5.09. The van der Waals surface area contributed by atoms with Crippen molar-refractivity contribution < 1.29 is 4.79 Å². The fraction of sp³-hybridized carbons (Fsp3) is 0.500. The molecule has 2 unspecified atom stereocenters. The van der Waals surface area contributed by atoms with Crippen molar-refractivity contribution in [2.75, 3.05) is 0 Å². The second-order valence-corrected chi connectivity index (χ2v) is 6.68. The zero-order valence-corrected chi connectivity index (χ0v) is 14.0. The summed E-state index contributed by atoms with van der Waals surface area (Å²) in [5, 5.41) is 2.69. The smallest absolute Gasteiger partial charge is 0.265 e. The number of nitrogens with one attached hydrogen (secondary N) is 1. The molecule has 1 aliphatic heterocycles. The lowest BCUT2D eigenvalue weighted by Crippen LogP contribution is -2.54. The molecule has 19 heavy (non-hydrogen) atoms. The quantitative estimate of drug-likeness (QED) is 0.775. The molecule has 2 atom stereocenters. The van der Waals surface area contributed by atoms with Crippen LogP contribution in [0, 0.1) is 3.57 Å². The van der Waals surface area contributed by atoms with Gasteiger partial charge >= 0.3 is 0 Å². The monoisotopic (exact) mass is 392 g/mol. The number of hydrazine groups is 1. The van der Waals surface area contributed by atoms with E-state index >= 15 is 0 Å². The van der Waals surface area contributed by atoms with Crippen LogP contribution in [0.15, 0.2) is 18.2 Å². The van der Waals surface area contributed by atoms with Gasteiger partial charge in [-0.3, -0.25) is 10.2 Å². The van der Waals surface area contributed by atoms with Crippen molar-refractivity contribution in [3.63, 3.8) is 0 Å². The normalized spacial score (nSPS) is 24.2. The first-order valence-electron chi connectivity index (χ1n) is 6.53. The van der Waals surface area contributed by atoms with E-state index in [1.807, 2.05) is 12.1 Å². The molecule has 3 nitrogen and oxygen atoms in total. The van der Waals surface area contributed by atoms with E-state index in [1.54, 1.807) is 6.07 Å². The van der Waals surface area contributed by atoms with Gasteiger partial charge in [-0.2, -0.15) is 0 Å². The Labute approximate surface area is 132 Å². The van der Waals surface area contributed by atoms with Gasteiger partial charge in [0.1, 0.15) is 0 Å². The van der Waals surface area contributed by atoms with Crippen LogP contribution in [0.5, 0.6) is 0 Å². The highest BCUT2D eigenvalue weighted by Crippen LogP contribution is 2.22. The summed E-state index contributed by atoms with van der Waals surface area (Å²) in [4.78, 5) is 12.3. The van der Waals surface area contributed by atoms with E-state index in [2.05, 4.69) is 46.9 Å². The predicted octanol–water partition coefficient (Wildman–Crippen LogP) is 3.85. The van der Waals surface area contributed by atoms with Crippen LogP contribution in [0.1, 0.15) is 43.5 Å². The third-order valence-electron chi connectivity index (χ3n) is 3.61. The minimum Gasteiger partial charge on any atom is -0.284 e. The van der Waals surface area contributed by atoms with E-state index in [9.17, 15) is 4.79 Å². The molecule has 1 N–H and O–H groups in total. The van der Waals surface area contributed by atoms with Gasteiger partial charge in [0.2, 0.25) is 0 Å². The van der Waals surface area contributed by atoms with E-state index < -0.39 is 0 Å². The third-order valence-corrected chi connectivity index (χ3v) is 5.18. The van der Waals surface area contributed by atoms with Gasteiger partial charge in [-0.05, 0) is 67.5 Å². The van der Waals surface area contributed by atoms with Crippen molar-refractivity contribution in [2.45, 2.75) is 45.2 Å². The molecule has 0 spiro atoms. The van der Waals surface area contributed by atoms with Crippen molar-refractivity contribution in [3.8, 4) is 0 Å². The van der Waals surface area contributed by atoms with Crippen LogP contribution in [0.4, 0.5) is 0 Å². The minimum atomic E-state index is -0.0844. The topological polar surface area (TPSA) is 32.3 Å². The van der Waals surface area contributed by atoms with Gasteiger partial charge in [0.15, 0.2) is 0 Å². The Morgan fingerprint density at radius 1 is 1.37 bits per heavy atom. The van der Waals surface area contributed by atoms with Gasteiger partial charge in [-0.25, -0.2) is 5.01 Å². The van der Waals surface area contributed by atoms with Crippen LogP contribution in [-0.2, 0) is 0 Å². The van der Waals surface area contributed by atoms with Crippen molar-refractivity contribution in [1.82, 2.24) is 10.4 Å². The maximum absolute atomic E-state index is 12.3. The molecule has 1 fully saturated rings. The summed E-state index contributed by atoms with van der Waals surface area (Å²) >= 11 is 8.21. The molecule has 0 aromatic heterocycles. The van der Waals surface area contributed by atoms with Gasteiger partial charge in [0.05, 0.1) is 5.02 Å². The number of rotatable bonds is 2. The Bertz CT molecular complexity index is 471. The summed E-state index contributed by atoms with van der Waals surface area (Å²) in [6, 6.07) is 6.15. The maximum Gasteiger partial charge on any atom is 0.265 e. The highest BCUT2D eigenvalue weighted by Gasteiger charge is 2.26. The second kappa shape index (κ2) is 6.41. The molecule has 1 aromatic carbocycles. The number of hydrogen-bond acceptors (Lipinski definition) is 2. The molecule has 5 heteroatoms. The first-order chi connectivity index (χ1) is 8.99. The van der Waals surface area contributed by atoms with E-state index in [0.29, 0.717) is 22.7 Å². The van der Waals surface area contributed by atoms with Crippen molar-refractivity contribution in [1.29, 1.82) is 0 Å². The third kappa shape index (κ3) is 3.61. The molecular formula is C14H18ClIN2O. The molecule has 0 radical (unpaired) electrons. The number of halogens is 2. The molecule has 104 valence electrons. The molecule has 0 bridgehead atoms. The Balaban J connectivity index is 2.09. The number of amides is 1. The summed E-state index contributed by atoms with van der Waals surface area (Å²) < 4.78 is 0.954. The number of benzene rings is 1. The van der Waals surface area contributed by atoms with E-state index in [1.165, 1.54) is 6.42 Å². The Morgan fingerprint density at radius 3 is 2.58 bits per heavy atom. The molecule has 0 aliphatic carbocycles. The lowest BCUT2D eigenvalue weighted by atomic mass is 10.00. The Hall–Kier alpha value is -0.330. The molecule has 1 amide bonds. The number of carbonyl (C=O) groups excluding carboxylic acids is 1. The first kappa shape index (κ1) is 15.1. The molecule has 1 saturated heterocycles. The average Bonchev–Trinajstić information content (AvgIpc) is 2.37. The molecule has 1 heterocycles. The number of carbonyl (C=O) groups is 1. The standard InChI is InChI=1S/C14H18ClIN2O/c1-9-4-3-5-10(2)18(9)17-14(19)11-6-7-13(16)12(15)8-11/h6-10H,3-5H2,1-2H3,(H,17,19). The van der Waals surface area contributed by atoms with Crippen molar-refractivity contribution >= 4 is 40.1 Å². The Morgan fingerprint density at radius 2 is 2.00 bits per heavy atom. The summed E-state index contributed by atoms with van der Waals surface area (Å²) in [6.45, 7) is 4.30. The van der Waals surface area contributed by atoms with Crippen LogP contribution in [0.3, 0.4) is 0 Å². The van der Waals surface area contributed by atoms with Gasteiger partial charge in [-0.1, -0.05) is 18.0 Å². The lowest BCUT2D eigenvalue weighted by molar-refractivity contribution is 0.0370. The molecule has 2 rings (SSSR count). The minimum absolute atomic E-state index is 0.0844. The lowest BCUT2D eigenvalue weighted by Gasteiger charge is -2.38. The van der Waals surface area contributed by atoms with Gasteiger partial charge in [0.25, 0.3) is 5.91 Å². The molecule has 0 saturated carbocycles. The van der Waals surface area contributed by atoms with Crippen LogP contribution >= 0.6 is 34.2 Å². The average molecular weight is 393 g/mol. The summed E-state index contributed by atoms with van der Waals surface area (Å²) in [6.07, 6.45) is 3.47. The number of hydrogen-bond donors (Lipinski definition) is 1. The van der Waals surface area contributed by atoms with Crippen LogP contribution in [-0.4, -0.2) is 23.0 Å². The fourth-order valence-corrected chi connectivity index (χ4v) is 2.98. The van der Waals surface area contributed by atoms with Crippen LogP contribution in [0.2, 0.25) is 5.02 Å². The fourth-order valence-electron chi connectivity index (χ4n) is 2.46. The zero-order chi connectivity index (χ0) is 14.0. The van der Waals surface area contributed by atoms with Gasteiger partial charge in [-0.15, -0.1) is 0 Å². The van der Waals surface area contributed by atoms with E-state index in [-0.39, 0.29) is 5.91 Å². The highest BCUT2D eigenvalue weighted by molar-refractivity contribution is 14.1. The number of nitrogens with zero attached hydrogens (tertiary/aromatic N) is 1. The highest BCUT2D eigenvalue weighted by atomic mass is 127. The second-order valence-electron chi connectivity index (χ2n) is 5.11.